The SMILES string of the molecule is CCCCOc1cc(CCNCC(=O)N(C)C)ccc1F.Cl. The average molecular weight is 333 g/mol. The second-order valence-electron chi connectivity index (χ2n) is 5.18. The molecule has 4 nitrogen and oxygen atoms in total. The zero-order chi connectivity index (χ0) is 15.7. The molecule has 22 heavy (non-hydrogen) atoms. The standard InChI is InChI=1S/C16H25FN2O2.ClH/c1-4-5-10-21-15-11-13(6-7-14(15)17)8-9-18-12-16(20)19(2)3;/h6-7,11,18H,4-5,8-10,12H2,1-3H3;1H. The molecule has 0 atom stereocenters. The molecule has 1 aromatic carbocycles. The molecule has 0 aromatic heterocycles. The molecule has 0 unspecified atom stereocenters. The van der Waals surface area contributed by atoms with Crippen LogP contribution in [0.2, 0.25) is 0 Å². The third-order valence-corrected chi connectivity index (χ3v) is 3.12. The van der Waals surface area contributed by atoms with Gasteiger partial charge in [0.05, 0.1) is 13.2 Å². The zero-order valence-corrected chi connectivity index (χ0v) is 14.3. The van der Waals surface area contributed by atoms with E-state index in [-0.39, 0.29) is 24.1 Å². The van der Waals surface area contributed by atoms with Gasteiger partial charge in [0.1, 0.15) is 0 Å². The first-order valence-electron chi connectivity index (χ1n) is 7.36. The van der Waals surface area contributed by atoms with Crippen molar-refractivity contribution in [3.8, 4) is 5.75 Å². The summed E-state index contributed by atoms with van der Waals surface area (Å²) in [5, 5.41) is 3.08. The summed E-state index contributed by atoms with van der Waals surface area (Å²) in [7, 11) is 3.45. The molecule has 1 N–H and O–H groups in total. The number of likely N-dealkylation sites (N-methyl/N-ethyl adjacent to an activating group) is 1. The number of amides is 1. The van der Waals surface area contributed by atoms with Gasteiger partial charge in [-0.15, -0.1) is 12.4 Å². The zero-order valence-electron chi connectivity index (χ0n) is 13.5. The summed E-state index contributed by atoms with van der Waals surface area (Å²) < 4.78 is 19.0. The molecule has 0 fully saturated rings. The Morgan fingerprint density at radius 1 is 1.36 bits per heavy atom. The van der Waals surface area contributed by atoms with Crippen LogP contribution in [0.25, 0.3) is 0 Å². The van der Waals surface area contributed by atoms with Crippen LogP contribution in [0, 0.1) is 5.82 Å². The second-order valence-corrected chi connectivity index (χ2v) is 5.18. The van der Waals surface area contributed by atoms with Crippen molar-refractivity contribution in [3.63, 3.8) is 0 Å². The van der Waals surface area contributed by atoms with Crippen LogP contribution in [0.3, 0.4) is 0 Å². The first-order valence-corrected chi connectivity index (χ1v) is 7.36. The van der Waals surface area contributed by atoms with Gasteiger partial charge in [0.15, 0.2) is 11.6 Å². The number of ether oxygens (including phenoxy) is 1. The molecule has 0 heterocycles. The van der Waals surface area contributed by atoms with E-state index in [9.17, 15) is 9.18 Å². The van der Waals surface area contributed by atoms with Crippen LogP contribution in [-0.4, -0.2) is 44.6 Å². The molecule has 0 radical (unpaired) electrons. The van der Waals surface area contributed by atoms with Gasteiger partial charge < -0.3 is 15.0 Å². The van der Waals surface area contributed by atoms with Crippen LogP contribution in [0.4, 0.5) is 4.39 Å². The molecule has 0 aliphatic rings. The smallest absolute Gasteiger partial charge is 0.236 e. The summed E-state index contributed by atoms with van der Waals surface area (Å²) >= 11 is 0. The van der Waals surface area contributed by atoms with E-state index in [1.165, 1.54) is 6.07 Å². The fourth-order valence-electron chi connectivity index (χ4n) is 1.73. The molecule has 1 amide bonds. The topological polar surface area (TPSA) is 41.6 Å². The number of nitrogens with zero attached hydrogens (tertiary/aromatic N) is 1. The Balaban J connectivity index is 0.00000441. The minimum Gasteiger partial charge on any atom is -0.491 e. The predicted octanol–water partition coefficient (Wildman–Crippen LogP) is 2.65. The van der Waals surface area contributed by atoms with Crippen molar-refractivity contribution in [2.45, 2.75) is 26.2 Å². The Labute approximate surface area is 138 Å². The van der Waals surface area contributed by atoms with Crippen LogP contribution in [0.1, 0.15) is 25.3 Å². The van der Waals surface area contributed by atoms with Crippen LogP contribution in [0.15, 0.2) is 18.2 Å². The van der Waals surface area contributed by atoms with Crippen molar-refractivity contribution in [2.24, 2.45) is 0 Å². The van der Waals surface area contributed by atoms with Crippen molar-refractivity contribution < 1.29 is 13.9 Å². The highest BCUT2D eigenvalue weighted by atomic mass is 35.5. The molecule has 6 heteroatoms. The number of carbonyl (C=O) groups is 1. The van der Waals surface area contributed by atoms with E-state index in [0.717, 1.165) is 24.8 Å². The number of nitrogens with one attached hydrogen (secondary N) is 1. The molecule has 1 aromatic rings. The normalized spacial score (nSPS) is 10.0. The number of benzene rings is 1. The maximum atomic E-state index is 13.6. The Morgan fingerprint density at radius 2 is 2.09 bits per heavy atom. The Hall–Kier alpha value is -1.33. The summed E-state index contributed by atoms with van der Waals surface area (Å²) in [6, 6.07) is 4.92. The quantitative estimate of drug-likeness (QED) is 0.707. The van der Waals surface area contributed by atoms with E-state index >= 15 is 0 Å². The molecule has 1 rings (SSSR count). The molecule has 0 aliphatic heterocycles. The van der Waals surface area contributed by atoms with Gasteiger partial charge in [0.25, 0.3) is 0 Å². The first kappa shape index (κ1) is 20.7. The van der Waals surface area contributed by atoms with Gasteiger partial charge in [0.2, 0.25) is 5.91 Å². The summed E-state index contributed by atoms with van der Waals surface area (Å²) in [5.74, 6) is 0.0219. The Morgan fingerprint density at radius 3 is 2.73 bits per heavy atom. The third-order valence-electron chi connectivity index (χ3n) is 3.12. The lowest BCUT2D eigenvalue weighted by atomic mass is 10.1. The third kappa shape index (κ3) is 7.61. The largest absolute Gasteiger partial charge is 0.491 e. The highest BCUT2D eigenvalue weighted by Gasteiger charge is 2.06. The lowest BCUT2D eigenvalue weighted by Crippen LogP contribution is -2.33. The lowest BCUT2D eigenvalue weighted by molar-refractivity contribution is -0.127. The fourth-order valence-corrected chi connectivity index (χ4v) is 1.73. The first-order chi connectivity index (χ1) is 10.0. The minimum absolute atomic E-state index is 0. The maximum absolute atomic E-state index is 13.6. The molecule has 0 bridgehead atoms. The van der Waals surface area contributed by atoms with Crippen LogP contribution >= 0.6 is 12.4 Å². The molecular weight excluding hydrogens is 307 g/mol. The Kier molecular flexibility index (Phi) is 10.6. The summed E-state index contributed by atoms with van der Waals surface area (Å²) in [4.78, 5) is 12.9. The van der Waals surface area contributed by atoms with E-state index in [2.05, 4.69) is 12.2 Å². The fraction of sp³-hybridized carbons (Fsp3) is 0.562. The molecule has 126 valence electrons. The van der Waals surface area contributed by atoms with Crippen LogP contribution in [-0.2, 0) is 11.2 Å². The van der Waals surface area contributed by atoms with Crippen LogP contribution in [0.5, 0.6) is 5.75 Å². The number of unbranched alkanes of at least 4 members (excludes halogenated alkanes) is 1. The van der Waals surface area contributed by atoms with Crippen molar-refractivity contribution >= 4 is 18.3 Å². The summed E-state index contributed by atoms with van der Waals surface area (Å²) in [5.41, 5.74) is 0.993. The average Bonchev–Trinajstić information content (AvgIpc) is 2.46. The van der Waals surface area contributed by atoms with Crippen molar-refractivity contribution in [2.75, 3.05) is 33.8 Å². The highest BCUT2D eigenvalue weighted by Crippen LogP contribution is 2.19. The van der Waals surface area contributed by atoms with Gasteiger partial charge in [-0.25, -0.2) is 4.39 Å². The van der Waals surface area contributed by atoms with E-state index in [4.69, 9.17) is 4.74 Å². The second kappa shape index (κ2) is 11.3. The molecule has 0 aliphatic carbocycles. The van der Waals surface area contributed by atoms with E-state index in [1.54, 1.807) is 31.1 Å². The number of rotatable bonds is 9. The van der Waals surface area contributed by atoms with Gasteiger partial charge in [0, 0.05) is 14.1 Å². The van der Waals surface area contributed by atoms with Gasteiger partial charge >= 0.3 is 0 Å². The number of hydrogen-bond donors (Lipinski definition) is 1. The van der Waals surface area contributed by atoms with Crippen LogP contribution < -0.4 is 10.1 Å². The monoisotopic (exact) mass is 332 g/mol. The van der Waals surface area contributed by atoms with Crippen molar-refractivity contribution in [1.82, 2.24) is 10.2 Å². The lowest BCUT2D eigenvalue weighted by Gasteiger charge is -2.11. The van der Waals surface area contributed by atoms with Gasteiger partial charge in [-0.1, -0.05) is 19.4 Å². The van der Waals surface area contributed by atoms with E-state index in [0.29, 0.717) is 25.4 Å². The number of carbonyl (C=O) groups excluding carboxylic acids is 1. The summed E-state index contributed by atoms with van der Waals surface area (Å²) in [6.07, 6.45) is 2.66. The molecular formula is C16H26ClFN2O2. The molecule has 0 spiro atoms. The van der Waals surface area contributed by atoms with E-state index in [1.807, 2.05) is 0 Å². The minimum atomic E-state index is -0.328. The van der Waals surface area contributed by atoms with Crippen molar-refractivity contribution in [3.05, 3.63) is 29.6 Å². The highest BCUT2D eigenvalue weighted by molar-refractivity contribution is 5.85. The molecule has 0 saturated heterocycles. The number of halogens is 2. The predicted molar refractivity (Wildman–Crippen MR) is 89.3 cm³/mol. The summed E-state index contributed by atoms with van der Waals surface area (Å²) in [6.45, 7) is 3.58. The van der Waals surface area contributed by atoms with Gasteiger partial charge in [-0.05, 0) is 37.1 Å². The number of hydrogen-bond acceptors (Lipinski definition) is 3. The van der Waals surface area contributed by atoms with Gasteiger partial charge in [-0.2, -0.15) is 0 Å². The Bertz CT molecular complexity index is 456. The van der Waals surface area contributed by atoms with Crippen molar-refractivity contribution in [1.29, 1.82) is 0 Å². The maximum Gasteiger partial charge on any atom is 0.236 e. The van der Waals surface area contributed by atoms with E-state index < -0.39 is 0 Å². The molecule has 0 saturated carbocycles. The van der Waals surface area contributed by atoms with Gasteiger partial charge in [-0.3, -0.25) is 4.79 Å².